The summed E-state index contributed by atoms with van der Waals surface area (Å²) in [6, 6.07) is 7.55. The number of carbonyl (C=O) groups excluding carboxylic acids is 1. The molecule has 4 N–H and O–H groups in total. The minimum atomic E-state index is -0.485. The zero-order chi connectivity index (χ0) is 18.6. The van der Waals surface area contributed by atoms with Gasteiger partial charge in [-0.05, 0) is 50.6 Å². The zero-order valence-electron chi connectivity index (χ0n) is 15.7. The topological polar surface area (TPSA) is 92.0 Å². The highest BCUT2D eigenvalue weighted by atomic mass is 16.5. The minimum Gasteiger partial charge on any atom is -0.484 e. The van der Waals surface area contributed by atoms with E-state index < -0.39 is 5.91 Å². The van der Waals surface area contributed by atoms with Gasteiger partial charge in [0.1, 0.15) is 5.75 Å². The fraction of sp³-hybridized carbons (Fsp3) is 0.579. The van der Waals surface area contributed by atoms with E-state index in [9.17, 15) is 4.79 Å². The van der Waals surface area contributed by atoms with Crippen molar-refractivity contribution in [1.82, 2.24) is 15.5 Å². The van der Waals surface area contributed by atoms with Gasteiger partial charge in [-0.1, -0.05) is 18.6 Å². The Hall–Kier alpha value is -2.28. The summed E-state index contributed by atoms with van der Waals surface area (Å²) >= 11 is 0. The van der Waals surface area contributed by atoms with E-state index in [1.165, 1.54) is 32.4 Å². The lowest BCUT2D eigenvalue weighted by atomic mass is 10.1. The number of aliphatic imine (C=N–C) groups is 1. The molecular weight excluding hydrogens is 330 g/mol. The molecule has 0 aromatic heterocycles. The van der Waals surface area contributed by atoms with Crippen molar-refractivity contribution in [2.24, 2.45) is 10.7 Å². The van der Waals surface area contributed by atoms with Crippen LogP contribution in [-0.2, 0) is 11.3 Å². The second kappa shape index (κ2) is 11.4. The molecule has 1 aliphatic heterocycles. The van der Waals surface area contributed by atoms with Crippen LogP contribution >= 0.6 is 0 Å². The summed E-state index contributed by atoms with van der Waals surface area (Å²) in [5.41, 5.74) is 6.12. The van der Waals surface area contributed by atoms with Gasteiger partial charge in [-0.15, -0.1) is 0 Å². The molecule has 7 nitrogen and oxygen atoms in total. The van der Waals surface area contributed by atoms with E-state index in [1.54, 1.807) is 6.07 Å². The summed E-state index contributed by atoms with van der Waals surface area (Å²) in [6.07, 6.45) is 3.97. The van der Waals surface area contributed by atoms with Gasteiger partial charge in [0.05, 0.1) is 6.54 Å². The number of piperidine rings is 1. The standard InChI is InChI=1S/C19H31N5O2/c1-2-21-19(22-9-12-24-10-4-3-5-11-24)23-14-16-7-6-8-17(13-16)26-15-18(20)25/h6-8,13H,2-5,9-12,14-15H2,1H3,(H2,20,25)(H2,21,22,23). The van der Waals surface area contributed by atoms with Crippen LogP contribution in [0.2, 0.25) is 0 Å². The molecule has 1 saturated heterocycles. The van der Waals surface area contributed by atoms with Crippen LogP contribution in [0.4, 0.5) is 0 Å². The molecule has 0 atom stereocenters. The molecular formula is C19H31N5O2. The van der Waals surface area contributed by atoms with Crippen molar-refractivity contribution in [3.05, 3.63) is 29.8 Å². The molecule has 144 valence electrons. The van der Waals surface area contributed by atoms with Crippen LogP contribution in [0.1, 0.15) is 31.7 Å². The number of hydrogen-bond acceptors (Lipinski definition) is 4. The third-order valence-electron chi connectivity index (χ3n) is 4.21. The Morgan fingerprint density at radius 2 is 2.08 bits per heavy atom. The molecule has 1 amide bonds. The van der Waals surface area contributed by atoms with E-state index in [4.69, 9.17) is 10.5 Å². The number of likely N-dealkylation sites (tertiary alicyclic amines) is 1. The summed E-state index contributed by atoms with van der Waals surface area (Å²) in [7, 11) is 0. The van der Waals surface area contributed by atoms with Crippen molar-refractivity contribution in [3.63, 3.8) is 0 Å². The second-order valence-electron chi connectivity index (χ2n) is 6.43. The van der Waals surface area contributed by atoms with Gasteiger partial charge in [-0.3, -0.25) is 4.79 Å². The number of nitrogens with two attached hydrogens (primary N) is 1. The molecule has 26 heavy (non-hydrogen) atoms. The van der Waals surface area contributed by atoms with Crippen molar-refractivity contribution < 1.29 is 9.53 Å². The lowest BCUT2D eigenvalue weighted by Gasteiger charge is -2.26. The number of amides is 1. The predicted octanol–water partition coefficient (Wildman–Crippen LogP) is 1.09. The average Bonchev–Trinajstić information content (AvgIpc) is 2.65. The van der Waals surface area contributed by atoms with Crippen molar-refractivity contribution in [2.75, 3.05) is 39.3 Å². The smallest absolute Gasteiger partial charge is 0.255 e. The lowest BCUT2D eigenvalue weighted by molar-refractivity contribution is -0.119. The number of ether oxygens (including phenoxy) is 1. The molecule has 7 heteroatoms. The SMILES string of the molecule is CCNC(=NCc1cccc(OCC(N)=O)c1)NCCN1CCCCC1. The van der Waals surface area contributed by atoms with E-state index >= 15 is 0 Å². The maximum atomic E-state index is 10.8. The molecule has 2 rings (SSSR count). The van der Waals surface area contributed by atoms with Gasteiger partial charge in [0.15, 0.2) is 12.6 Å². The highest BCUT2D eigenvalue weighted by molar-refractivity contribution is 5.79. The summed E-state index contributed by atoms with van der Waals surface area (Å²) in [6.45, 7) is 7.62. The fourth-order valence-electron chi connectivity index (χ4n) is 2.92. The Kier molecular flexibility index (Phi) is 8.75. The van der Waals surface area contributed by atoms with Crippen LogP contribution < -0.4 is 21.1 Å². The van der Waals surface area contributed by atoms with Crippen LogP contribution in [0, 0.1) is 0 Å². The van der Waals surface area contributed by atoms with Crippen molar-refractivity contribution in [1.29, 1.82) is 0 Å². The molecule has 1 fully saturated rings. The third-order valence-corrected chi connectivity index (χ3v) is 4.21. The Bertz CT molecular complexity index is 585. The number of nitrogens with one attached hydrogen (secondary N) is 2. The van der Waals surface area contributed by atoms with Crippen LogP contribution in [0.5, 0.6) is 5.75 Å². The molecule has 0 unspecified atom stereocenters. The van der Waals surface area contributed by atoms with Crippen LogP contribution in [0.25, 0.3) is 0 Å². The summed E-state index contributed by atoms with van der Waals surface area (Å²) in [5.74, 6) is 0.952. The minimum absolute atomic E-state index is 0.118. The van der Waals surface area contributed by atoms with E-state index in [2.05, 4.69) is 27.4 Å². The molecule has 0 saturated carbocycles. The maximum Gasteiger partial charge on any atom is 0.255 e. The monoisotopic (exact) mass is 361 g/mol. The Labute approximate surface area is 156 Å². The zero-order valence-corrected chi connectivity index (χ0v) is 15.7. The third kappa shape index (κ3) is 7.74. The van der Waals surface area contributed by atoms with Gasteiger partial charge >= 0.3 is 0 Å². The first-order valence-corrected chi connectivity index (χ1v) is 9.42. The van der Waals surface area contributed by atoms with Crippen molar-refractivity contribution in [3.8, 4) is 5.75 Å². The highest BCUT2D eigenvalue weighted by Crippen LogP contribution is 2.14. The van der Waals surface area contributed by atoms with Gasteiger partial charge in [0, 0.05) is 19.6 Å². The quantitative estimate of drug-likeness (QED) is 0.452. The van der Waals surface area contributed by atoms with Gasteiger partial charge in [0.2, 0.25) is 0 Å². The molecule has 1 aromatic rings. The first-order valence-electron chi connectivity index (χ1n) is 9.42. The number of primary amides is 1. The number of guanidine groups is 1. The van der Waals surface area contributed by atoms with Crippen molar-refractivity contribution in [2.45, 2.75) is 32.7 Å². The highest BCUT2D eigenvalue weighted by Gasteiger charge is 2.09. The van der Waals surface area contributed by atoms with Gasteiger partial charge in [0.25, 0.3) is 5.91 Å². The van der Waals surface area contributed by atoms with E-state index in [1.807, 2.05) is 18.2 Å². The molecule has 0 radical (unpaired) electrons. The van der Waals surface area contributed by atoms with Gasteiger partial charge in [-0.2, -0.15) is 0 Å². The normalized spacial score (nSPS) is 15.5. The number of rotatable bonds is 9. The summed E-state index contributed by atoms with van der Waals surface area (Å²) in [4.78, 5) is 17.9. The molecule has 0 aliphatic carbocycles. The van der Waals surface area contributed by atoms with E-state index in [0.717, 1.165) is 31.2 Å². The summed E-state index contributed by atoms with van der Waals surface area (Å²) in [5, 5.41) is 6.67. The number of benzene rings is 1. The number of carbonyl (C=O) groups is 1. The van der Waals surface area contributed by atoms with Crippen LogP contribution in [0.15, 0.2) is 29.3 Å². The van der Waals surface area contributed by atoms with E-state index in [-0.39, 0.29) is 6.61 Å². The fourth-order valence-corrected chi connectivity index (χ4v) is 2.92. The predicted molar refractivity (Wildman–Crippen MR) is 104 cm³/mol. The Balaban J connectivity index is 1.83. The van der Waals surface area contributed by atoms with Crippen molar-refractivity contribution >= 4 is 11.9 Å². The number of hydrogen-bond donors (Lipinski definition) is 3. The average molecular weight is 361 g/mol. The number of nitrogens with zero attached hydrogens (tertiary/aromatic N) is 2. The van der Waals surface area contributed by atoms with Gasteiger partial charge < -0.3 is 26.0 Å². The first kappa shape index (κ1) is 20.0. The molecule has 1 aromatic carbocycles. The molecule has 0 spiro atoms. The van der Waals surface area contributed by atoms with Crippen LogP contribution in [-0.4, -0.2) is 56.1 Å². The molecule has 1 heterocycles. The Morgan fingerprint density at radius 3 is 2.81 bits per heavy atom. The van der Waals surface area contributed by atoms with Gasteiger partial charge in [-0.25, -0.2) is 4.99 Å². The Morgan fingerprint density at radius 1 is 1.27 bits per heavy atom. The lowest BCUT2D eigenvalue weighted by Crippen LogP contribution is -2.42. The first-order chi connectivity index (χ1) is 12.7. The second-order valence-corrected chi connectivity index (χ2v) is 6.43. The summed E-state index contributed by atoms with van der Waals surface area (Å²) < 4.78 is 5.33. The molecule has 0 bridgehead atoms. The van der Waals surface area contributed by atoms with E-state index in [0.29, 0.717) is 12.3 Å². The molecule has 1 aliphatic rings. The van der Waals surface area contributed by atoms with Crippen LogP contribution in [0.3, 0.4) is 0 Å². The maximum absolute atomic E-state index is 10.8. The largest absolute Gasteiger partial charge is 0.484 e.